The Labute approximate surface area is 160 Å². The molecule has 2 heterocycles. The van der Waals surface area contributed by atoms with Crippen molar-refractivity contribution in [2.75, 3.05) is 0 Å². The summed E-state index contributed by atoms with van der Waals surface area (Å²) >= 11 is 1.44. The quantitative estimate of drug-likeness (QED) is 0.426. The van der Waals surface area contributed by atoms with E-state index in [2.05, 4.69) is 9.97 Å². The number of pyridine rings is 1. The van der Waals surface area contributed by atoms with Gasteiger partial charge in [0.05, 0.1) is 5.52 Å². The van der Waals surface area contributed by atoms with Gasteiger partial charge in [-0.2, -0.15) is 0 Å². The predicted molar refractivity (Wildman–Crippen MR) is 105 cm³/mol. The molecule has 4 aromatic rings. The Bertz CT molecular complexity index is 1090. The lowest BCUT2D eigenvalue weighted by atomic mass is 10.1. The average Bonchev–Trinajstić information content (AvgIpc) is 3.17. The maximum absolute atomic E-state index is 10.7. The van der Waals surface area contributed by atoms with E-state index < -0.39 is 0 Å². The molecule has 0 aliphatic rings. The van der Waals surface area contributed by atoms with Gasteiger partial charge in [0.15, 0.2) is 0 Å². The fourth-order valence-electron chi connectivity index (χ4n) is 2.71. The van der Waals surface area contributed by atoms with Crippen LogP contribution in [0.2, 0.25) is 0 Å². The molecule has 0 saturated carbocycles. The number of aromatic nitrogens is 2. The number of aryl methyl sites for hydroxylation is 1. The average molecular weight is 376 g/mol. The molecule has 27 heavy (non-hydrogen) atoms. The molecule has 0 amide bonds. The molecule has 0 N–H and O–H groups in total. The molecule has 0 saturated heterocycles. The highest BCUT2D eigenvalue weighted by atomic mass is 32.1. The van der Waals surface area contributed by atoms with Gasteiger partial charge in [-0.25, -0.2) is 9.97 Å². The van der Waals surface area contributed by atoms with E-state index >= 15 is 0 Å². The summed E-state index contributed by atoms with van der Waals surface area (Å²) < 4.78 is 11.7. The Morgan fingerprint density at radius 2 is 2.00 bits per heavy atom. The second-order valence-electron chi connectivity index (χ2n) is 5.98. The summed E-state index contributed by atoms with van der Waals surface area (Å²) in [5, 5.41) is 3.45. The van der Waals surface area contributed by atoms with E-state index in [1.165, 1.54) is 11.3 Å². The van der Waals surface area contributed by atoms with Gasteiger partial charge in [0, 0.05) is 29.5 Å². The minimum Gasteiger partial charge on any atom is -0.439 e. The van der Waals surface area contributed by atoms with Crippen LogP contribution in [0.4, 0.5) is 0 Å². The van der Waals surface area contributed by atoms with Crippen LogP contribution >= 0.6 is 11.3 Å². The second-order valence-corrected chi connectivity index (χ2v) is 6.83. The van der Waals surface area contributed by atoms with Crippen molar-refractivity contribution < 1.29 is 14.3 Å². The van der Waals surface area contributed by atoms with Crippen molar-refractivity contribution in [3.63, 3.8) is 0 Å². The fraction of sp³-hybridized carbons (Fsp3) is 0.0952. The lowest BCUT2D eigenvalue weighted by molar-refractivity contribution is -0.107. The maximum Gasteiger partial charge on any atom is 0.278 e. The van der Waals surface area contributed by atoms with E-state index in [1.807, 2.05) is 60.8 Å². The van der Waals surface area contributed by atoms with E-state index in [9.17, 15) is 4.79 Å². The van der Waals surface area contributed by atoms with Crippen LogP contribution in [-0.4, -0.2) is 16.3 Å². The summed E-state index contributed by atoms with van der Waals surface area (Å²) in [5.41, 5.74) is 2.73. The summed E-state index contributed by atoms with van der Waals surface area (Å²) in [7, 11) is 0. The van der Waals surface area contributed by atoms with Gasteiger partial charge in [0.2, 0.25) is 5.88 Å². The zero-order valence-corrected chi connectivity index (χ0v) is 15.4. The van der Waals surface area contributed by atoms with Crippen molar-refractivity contribution in [2.45, 2.75) is 13.3 Å². The van der Waals surface area contributed by atoms with Crippen molar-refractivity contribution in [1.82, 2.24) is 9.97 Å². The smallest absolute Gasteiger partial charge is 0.278 e. The molecular weight excluding hydrogens is 360 g/mol. The van der Waals surface area contributed by atoms with Gasteiger partial charge in [-0.3, -0.25) is 0 Å². The van der Waals surface area contributed by atoms with Crippen LogP contribution in [0.5, 0.6) is 22.6 Å². The molecular formula is C21H16N2O3S. The zero-order valence-electron chi connectivity index (χ0n) is 14.6. The number of carbonyl (C=O) groups excluding carboxylic acids is 1. The van der Waals surface area contributed by atoms with Crippen molar-refractivity contribution >= 4 is 28.5 Å². The van der Waals surface area contributed by atoms with E-state index in [0.29, 0.717) is 29.0 Å². The normalized spacial score (nSPS) is 10.7. The molecule has 0 fully saturated rings. The van der Waals surface area contributed by atoms with Gasteiger partial charge in [-0.15, -0.1) is 0 Å². The Kier molecular flexibility index (Phi) is 4.80. The maximum atomic E-state index is 10.7. The molecule has 4 rings (SSSR count). The Morgan fingerprint density at radius 3 is 2.78 bits per heavy atom. The number of ether oxygens (including phenoxy) is 2. The SMILES string of the molecule is Cc1cc(Oc2nccs2)ccc1Oc1ccc2cc(CC=O)ccc2n1. The molecule has 0 unspecified atom stereocenters. The van der Waals surface area contributed by atoms with Crippen molar-refractivity contribution in [3.8, 4) is 22.6 Å². The van der Waals surface area contributed by atoms with Crippen LogP contribution in [0.25, 0.3) is 10.9 Å². The zero-order chi connectivity index (χ0) is 18.6. The van der Waals surface area contributed by atoms with Crippen LogP contribution in [0, 0.1) is 6.92 Å². The number of thiazole rings is 1. The van der Waals surface area contributed by atoms with Crippen molar-refractivity contribution in [2.24, 2.45) is 0 Å². The molecule has 2 aromatic heterocycles. The first-order valence-electron chi connectivity index (χ1n) is 8.40. The Balaban J connectivity index is 1.54. The molecule has 134 valence electrons. The number of aldehydes is 1. The first-order valence-corrected chi connectivity index (χ1v) is 9.28. The lowest BCUT2D eigenvalue weighted by Gasteiger charge is -2.10. The third-order valence-electron chi connectivity index (χ3n) is 4.02. The molecule has 0 radical (unpaired) electrons. The van der Waals surface area contributed by atoms with E-state index in [0.717, 1.165) is 28.3 Å². The minimum absolute atomic E-state index is 0.406. The molecule has 5 nitrogen and oxygen atoms in total. The van der Waals surface area contributed by atoms with Crippen molar-refractivity contribution in [1.29, 1.82) is 0 Å². The topological polar surface area (TPSA) is 61.3 Å². The van der Waals surface area contributed by atoms with Gasteiger partial charge >= 0.3 is 0 Å². The van der Waals surface area contributed by atoms with Crippen LogP contribution in [0.15, 0.2) is 60.1 Å². The number of hydrogen-bond donors (Lipinski definition) is 0. The fourth-order valence-corrected chi connectivity index (χ4v) is 3.21. The monoisotopic (exact) mass is 376 g/mol. The standard InChI is InChI=1S/C21H16N2O3S/c1-14-12-17(25-21-22-9-11-27-21)4-6-19(14)26-20-7-3-16-13-15(8-10-24)2-5-18(16)23-20/h2-7,9-13H,8H2,1H3. The van der Waals surface area contributed by atoms with Gasteiger partial charge in [-0.1, -0.05) is 17.4 Å². The van der Waals surface area contributed by atoms with Gasteiger partial charge in [-0.05, 0) is 54.4 Å². The number of fused-ring (bicyclic) bond motifs is 1. The summed E-state index contributed by atoms with van der Waals surface area (Å²) in [5.74, 6) is 1.94. The van der Waals surface area contributed by atoms with Gasteiger partial charge in [0.25, 0.3) is 5.19 Å². The molecule has 2 aromatic carbocycles. The second kappa shape index (κ2) is 7.55. The minimum atomic E-state index is 0.406. The highest BCUT2D eigenvalue weighted by molar-refractivity contribution is 7.11. The van der Waals surface area contributed by atoms with Crippen LogP contribution in [0.3, 0.4) is 0 Å². The molecule has 0 bridgehead atoms. The van der Waals surface area contributed by atoms with Gasteiger partial charge in [0.1, 0.15) is 17.8 Å². The third kappa shape index (κ3) is 3.96. The number of nitrogens with zero attached hydrogens (tertiary/aromatic N) is 2. The Morgan fingerprint density at radius 1 is 1.07 bits per heavy atom. The lowest BCUT2D eigenvalue weighted by Crippen LogP contribution is -1.93. The third-order valence-corrected chi connectivity index (χ3v) is 4.67. The van der Waals surface area contributed by atoms with E-state index in [4.69, 9.17) is 9.47 Å². The van der Waals surface area contributed by atoms with Crippen LogP contribution in [-0.2, 0) is 11.2 Å². The number of rotatable bonds is 6. The summed E-state index contributed by atoms with van der Waals surface area (Å²) in [6.07, 6.45) is 3.01. The highest BCUT2D eigenvalue weighted by Gasteiger charge is 2.07. The highest BCUT2D eigenvalue weighted by Crippen LogP contribution is 2.31. The molecule has 0 spiro atoms. The molecule has 0 aliphatic carbocycles. The summed E-state index contributed by atoms with van der Waals surface area (Å²) in [4.78, 5) is 19.3. The molecule has 0 atom stereocenters. The van der Waals surface area contributed by atoms with E-state index in [1.54, 1.807) is 6.20 Å². The van der Waals surface area contributed by atoms with Crippen LogP contribution in [0.1, 0.15) is 11.1 Å². The number of benzene rings is 2. The first-order chi connectivity index (χ1) is 13.2. The number of carbonyl (C=O) groups is 1. The number of hydrogen-bond acceptors (Lipinski definition) is 6. The van der Waals surface area contributed by atoms with Crippen molar-refractivity contribution in [3.05, 3.63) is 71.2 Å². The summed E-state index contributed by atoms with van der Waals surface area (Å²) in [6.45, 7) is 1.96. The Hall–Kier alpha value is -3.25. The predicted octanol–water partition coefficient (Wildman–Crippen LogP) is 5.33. The van der Waals surface area contributed by atoms with E-state index in [-0.39, 0.29) is 0 Å². The summed E-state index contributed by atoms with van der Waals surface area (Å²) in [6, 6.07) is 15.2. The molecule has 0 aliphatic heterocycles. The van der Waals surface area contributed by atoms with Crippen LogP contribution < -0.4 is 9.47 Å². The molecule has 6 heteroatoms. The van der Waals surface area contributed by atoms with Gasteiger partial charge < -0.3 is 14.3 Å². The first kappa shape index (κ1) is 17.2. The largest absolute Gasteiger partial charge is 0.439 e.